The number of carbonyl (C=O) groups excluding carboxylic acids is 1. The first-order valence-corrected chi connectivity index (χ1v) is 6.28. The van der Waals surface area contributed by atoms with E-state index < -0.39 is 0 Å². The normalized spacial score (nSPS) is 13.2. The summed E-state index contributed by atoms with van der Waals surface area (Å²) >= 11 is 0. The van der Waals surface area contributed by atoms with E-state index in [1.165, 1.54) is 12.1 Å². The van der Waals surface area contributed by atoms with E-state index in [2.05, 4.69) is 9.24 Å². The first-order chi connectivity index (χ1) is 9.04. The number of ether oxygens (including phenoxy) is 1. The number of fused-ring (bicyclic) bond motifs is 2. The summed E-state index contributed by atoms with van der Waals surface area (Å²) in [5.41, 5.74) is 1.06. The van der Waals surface area contributed by atoms with Crippen LogP contribution >= 0.6 is 9.24 Å². The van der Waals surface area contributed by atoms with Crippen LogP contribution < -0.4 is 10.0 Å². The monoisotopic (exact) mass is 274 g/mol. The van der Waals surface area contributed by atoms with Gasteiger partial charge in [0.1, 0.15) is 11.5 Å². The van der Waals surface area contributed by atoms with Gasteiger partial charge >= 0.3 is 0 Å². The maximum Gasteiger partial charge on any atom is 0.171 e. The highest BCUT2D eigenvalue weighted by Gasteiger charge is 2.23. The lowest BCUT2D eigenvalue weighted by Crippen LogP contribution is -2.02. The largest absolute Gasteiger partial charge is 0.504 e. The smallest absolute Gasteiger partial charge is 0.171 e. The molecule has 4 nitrogen and oxygen atoms in total. The van der Waals surface area contributed by atoms with Gasteiger partial charge in [-0.3, -0.25) is 4.79 Å². The molecule has 96 valence electrons. The van der Waals surface area contributed by atoms with E-state index in [-0.39, 0.29) is 35.0 Å². The summed E-state index contributed by atoms with van der Waals surface area (Å²) in [6.07, 6.45) is 0.206. The average molecular weight is 274 g/mol. The molecule has 0 saturated heterocycles. The van der Waals surface area contributed by atoms with Gasteiger partial charge in [-0.25, -0.2) is 0 Å². The molecule has 0 amide bonds. The number of Topliss-reactive ketones (excluding diaryl/α,β-unsaturated/α-hetero) is 1. The summed E-state index contributed by atoms with van der Waals surface area (Å²) < 4.78 is 5.68. The molecule has 0 saturated carbocycles. The van der Waals surface area contributed by atoms with Crippen molar-refractivity contribution >= 4 is 20.3 Å². The van der Waals surface area contributed by atoms with Crippen molar-refractivity contribution in [3.8, 4) is 23.0 Å². The van der Waals surface area contributed by atoms with Gasteiger partial charge in [0.2, 0.25) is 0 Å². The molecule has 2 aromatic carbocycles. The molecule has 2 N–H and O–H groups in total. The summed E-state index contributed by atoms with van der Waals surface area (Å²) in [6, 6.07) is 8.02. The molecule has 0 bridgehead atoms. The summed E-state index contributed by atoms with van der Waals surface area (Å²) in [4.78, 5) is 12.1. The van der Waals surface area contributed by atoms with Gasteiger partial charge < -0.3 is 14.9 Å². The Bertz CT molecular complexity index is 694. The van der Waals surface area contributed by atoms with Crippen LogP contribution in [0.1, 0.15) is 15.9 Å². The molecule has 0 aromatic heterocycles. The number of hydrogen-bond acceptors (Lipinski definition) is 4. The van der Waals surface area contributed by atoms with E-state index in [1.807, 2.05) is 18.2 Å². The van der Waals surface area contributed by atoms with Crippen molar-refractivity contribution in [3.05, 3.63) is 41.5 Å². The first-order valence-electron chi connectivity index (χ1n) is 5.70. The lowest BCUT2D eigenvalue weighted by atomic mass is 10.0. The predicted octanol–water partition coefficient (Wildman–Crippen LogP) is 2.13. The maximum absolute atomic E-state index is 12.1. The van der Waals surface area contributed by atoms with Crippen LogP contribution in [-0.2, 0) is 6.42 Å². The number of phenols is 2. The van der Waals surface area contributed by atoms with Gasteiger partial charge in [-0.15, -0.1) is 9.24 Å². The third-order valence-electron chi connectivity index (χ3n) is 3.04. The standard InChI is InChI=1S/C14H11O4P/c15-10-3-7-1-2-8(19)4-13(7)18-14-6-12(17)11(16)5-9(10)14/h1-2,4-6,16-17H,3,19H2. The van der Waals surface area contributed by atoms with Crippen LogP contribution in [-0.4, -0.2) is 16.0 Å². The number of benzene rings is 2. The fraction of sp³-hybridized carbons (Fsp3) is 0.0714. The van der Waals surface area contributed by atoms with E-state index in [0.29, 0.717) is 5.75 Å². The molecule has 1 atom stereocenters. The van der Waals surface area contributed by atoms with Crippen LogP contribution in [0.3, 0.4) is 0 Å². The minimum atomic E-state index is -0.326. The highest BCUT2D eigenvalue weighted by molar-refractivity contribution is 7.27. The molecule has 1 aliphatic rings. The Morgan fingerprint density at radius 2 is 1.79 bits per heavy atom. The molecule has 19 heavy (non-hydrogen) atoms. The second-order valence-electron chi connectivity index (χ2n) is 4.41. The fourth-order valence-corrected chi connectivity index (χ4v) is 2.31. The van der Waals surface area contributed by atoms with Gasteiger partial charge in [0.15, 0.2) is 17.3 Å². The molecule has 2 aromatic rings. The molecular formula is C14H11O4P. The zero-order chi connectivity index (χ0) is 13.6. The molecular weight excluding hydrogens is 263 g/mol. The highest BCUT2D eigenvalue weighted by atomic mass is 31.0. The molecule has 1 aliphatic heterocycles. The van der Waals surface area contributed by atoms with Crippen molar-refractivity contribution in [1.82, 2.24) is 0 Å². The molecule has 5 heteroatoms. The summed E-state index contributed by atoms with van der Waals surface area (Å²) in [7, 11) is 2.56. The summed E-state index contributed by atoms with van der Waals surface area (Å²) in [5.74, 6) is 0.0605. The van der Waals surface area contributed by atoms with Crippen molar-refractivity contribution in [3.63, 3.8) is 0 Å². The summed E-state index contributed by atoms with van der Waals surface area (Å²) in [5, 5.41) is 19.9. The molecule has 0 aliphatic carbocycles. The maximum atomic E-state index is 12.1. The lowest BCUT2D eigenvalue weighted by Gasteiger charge is -2.09. The highest BCUT2D eigenvalue weighted by Crippen LogP contribution is 2.39. The minimum Gasteiger partial charge on any atom is -0.504 e. The quantitative estimate of drug-likeness (QED) is 0.570. The zero-order valence-corrected chi connectivity index (χ0v) is 11.0. The van der Waals surface area contributed by atoms with Crippen LogP contribution in [0.4, 0.5) is 0 Å². The molecule has 0 spiro atoms. The van der Waals surface area contributed by atoms with Gasteiger partial charge in [0.05, 0.1) is 5.56 Å². The molecule has 1 heterocycles. The third-order valence-corrected chi connectivity index (χ3v) is 3.40. The fourth-order valence-electron chi connectivity index (χ4n) is 2.06. The second-order valence-corrected chi connectivity index (χ2v) is 5.07. The van der Waals surface area contributed by atoms with Crippen molar-refractivity contribution in [1.29, 1.82) is 0 Å². The Morgan fingerprint density at radius 1 is 1.05 bits per heavy atom. The second kappa shape index (κ2) is 4.25. The van der Waals surface area contributed by atoms with E-state index in [1.54, 1.807) is 0 Å². The SMILES string of the molecule is O=C1Cc2ccc(P)cc2Oc2cc(O)c(O)cc21. The zero-order valence-electron chi connectivity index (χ0n) is 9.88. The lowest BCUT2D eigenvalue weighted by molar-refractivity contribution is 0.0993. The Balaban J connectivity index is 2.19. The number of hydrogen-bond donors (Lipinski definition) is 2. The van der Waals surface area contributed by atoms with Crippen LogP contribution in [0, 0.1) is 0 Å². The van der Waals surface area contributed by atoms with Gasteiger partial charge in [-0.1, -0.05) is 12.1 Å². The number of carbonyl (C=O) groups is 1. The number of ketones is 1. The predicted molar refractivity (Wildman–Crippen MR) is 73.7 cm³/mol. The van der Waals surface area contributed by atoms with E-state index >= 15 is 0 Å². The van der Waals surface area contributed by atoms with E-state index in [9.17, 15) is 15.0 Å². The van der Waals surface area contributed by atoms with Crippen LogP contribution in [0.15, 0.2) is 30.3 Å². The summed E-state index contributed by atoms with van der Waals surface area (Å²) in [6.45, 7) is 0. The Kier molecular flexibility index (Phi) is 2.68. The minimum absolute atomic E-state index is 0.152. The van der Waals surface area contributed by atoms with Crippen molar-refractivity contribution in [2.24, 2.45) is 0 Å². The number of rotatable bonds is 0. The third kappa shape index (κ3) is 2.04. The molecule has 0 radical (unpaired) electrons. The average Bonchev–Trinajstić information content (AvgIpc) is 2.48. The van der Waals surface area contributed by atoms with Gasteiger partial charge in [-0.2, -0.15) is 0 Å². The number of phenolic OH excluding ortho intramolecular Hbond substituents is 2. The van der Waals surface area contributed by atoms with Crippen molar-refractivity contribution < 1.29 is 19.7 Å². The van der Waals surface area contributed by atoms with Crippen molar-refractivity contribution in [2.75, 3.05) is 0 Å². The number of aromatic hydroxyl groups is 2. The first kappa shape index (κ1) is 12.0. The molecule has 3 rings (SSSR count). The van der Waals surface area contributed by atoms with Crippen LogP contribution in [0.2, 0.25) is 0 Å². The van der Waals surface area contributed by atoms with Crippen molar-refractivity contribution in [2.45, 2.75) is 6.42 Å². The van der Waals surface area contributed by atoms with Gasteiger partial charge in [-0.05, 0) is 17.4 Å². The van der Waals surface area contributed by atoms with E-state index in [0.717, 1.165) is 10.9 Å². The van der Waals surface area contributed by atoms with Gasteiger partial charge in [0, 0.05) is 18.1 Å². The molecule has 1 unspecified atom stereocenters. The topological polar surface area (TPSA) is 66.8 Å². The Hall–Kier alpha value is -2.06. The van der Waals surface area contributed by atoms with Gasteiger partial charge in [0.25, 0.3) is 0 Å². The Morgan fingerprint density at radius 3 is 2.58 bits per heavy atom. The Labute approximate surface area is 111 Å². The molecule has 0 fully saturated rings. The van der Waals surface area contributed by atoms with Crippen LogP contribution in [0.25, 0.3) is 0 Å². The van der Waals surface area contributed by atoms with Crippen LogP contribution in [0.5, 0.6) is 23.0 Å². The van der Waals surface area contributed by atoms with E-state index in [4.69, 9.17) is 4.74 Å².